The Labute approximate surface area is 110 Å². The van der Waals surface area contributed by atoms with Crippen LogP contribution in [0, 0.1) is 0 Å². The van der Waals surface area contributed by atoms with Crippen LogP contribution in [0.25, 0.3) is 0 Å². The quantitative estimate of drug-likeness (QED) is 0.834. The zero-order valence-corrected chi connectivity index (χ0v) is 11.7. The van der Waals surface area contributed by atoms with Crippen LogP contribution in [-0.2, 0) is 9.47 Å². The Morgan fingerprint density at radius 3 is 2.83 bits per heavy atom. The van der Waals surface area contributed by atoms with E-state index in [1.54, 1.807) is 0 Å². The summed E-state index contributed by atoms with van der Waals surface area (Å²) in [6.07, 6.45) is 0.900. The lowest BCUT2D eigenvalue weighted by molar-refractivity contribution is 0.00621. The molecular formula is C12H18N2O3S. The number of carbonyl (C=O) groups is 1. The molecule has 5 nitrogen and oxygen atoms in total. The number of esters is 1. The molecule has 1 aliphatic rings. The molecule has 6 heteroatoms. The molecule has 1 atom stereocenters. The van der Waals surface area contributed by atoms with Gasteiger partial charge in [0.25, 0.3) is 0 Å². The van der Waals surface area contributed by atoms with Crippen molar-refractivity contribution in [3.8, 4) is 0 Å². The van der Waals surface area contributed by atoms with Gasteiger partial charge < -0.3 is 15.2 Å². The van der Waals surface area contributed by atoms with Crippen LogP contribution in [0.1, 0.15) is 48.5 Å². The van der Waals surface area contributed by atoms with Gasteiger partial charge in [-0.15, -0.1) is 11.3 Å². The average molecular weight is 270 g/mol. The van der Waals surface area contributed by atoms with E-state index in [2.05, 4.69) is 4.98 Å². The van der Waals surface area contributed by atoms with Crippen molar-refractivity contribution in [2.45, 2.75) is 38.7 Å². The summed E-state index contributed by atoms with van der Waals surface area (Å²) < 4.78 is 10.7. The van der Waals surface area contributed by atoms with Crippen LogP contribution in [0.3, 0.4) is 0 Å². The SMILES string of the molecule is CC(C)(C)OC(=O)c1nc(N)sc1C1CCOC1. The van der Waals surface area contributed by atoms with Crippen LogP contribution in [0.15, 0.2) is 0 Å². The molecule has 1 aliphatic heterocycles. The molecule has 0 saturated carbocycles. The number of nitrogens with zero attached hydrogens (tertiary/aromatic N) is 1. The number of hydrogen-bond donors (Lipinski definition) is 1. The van der Waals surface area contributed by atoms with Gasteiger partial charge >= 0.3 is 5.97 Å². The molecule has 1 saturated heterocycles. The lowest BCUT2D eigenvalue weighted by Gasteiger charge is -2.19. The van der Waals surface area contributed by atoms with Gasteiger partial charge in [-0.25, -0.2) is 9.78 Å². The van der Waals surface area contributed by atoms with Crippen LogP contribution in [0.2, 0.25) is 0 Å². The second kappa shape index (κ2) is 4.85. The predicted molar refractivity (Wildman–Crippen MR) is 69.9 cm³/mol. The molecule has 1 unspecified atom stereocenters. The summed E-state index contributed by atoms with van der Waals surface area (Å²) in [7, 11) is 0. The van der Waals surface area contributed by atoms with Crippen LogP contribution in [0.4, 0.5) is 5.13 Å². The zero-order chi connectivity index (χ0) is 13.3. The Balaban J connectivity index is 2.24. The fourth-order valence-electron chi connectivity index (χ4n) is 1.84. The molecule has 1 aromatic heterocycles. The van der Waals surface area contributed by atoms with Gasteiger partial charge in [-0.1, -0.05) is 0 Å². The molecule has 2 rings (SSSR count). The van der Waals surface area contributed by atoms with Gasteiger partial charge in [-0.3, -0.25) is 0 Å². The number of hydrogen-bond acceptors (Lipinski definition) is 6. The minimum atomic E-state index is -0.529. The first-order valence-corrected chi connectivity index (χ1v) is 6.76. The van der Waals surface area contributed by atoms with Crippen LogP contribution >= 0.6 is 11.3 Å². The van der Waals surface area contributed by atoms with E-state index in [1.165, 1.54) is 11.3 Å². The van der Waals surface area contributed by atoms with Crippen molar-refractivity contribution in [3.05, 3.63) is 10.6 Å². The van der Waals surface area contributed by atoms with Crippen molar-refractivity contribution in [1.29, 1.82) is 0 Å². The molecule has 2 N–H and O–H groups in total. The van der Waals surface area contributed by atoms with Crippen molar-refractivity contribution in [3.63, 3.8) is 0 Å². The highest BCUT2D eigenvalue weighted by Gasteiger charge is 2.29. The van der Waals surface area contributed by atoms with Gasteiger partial charge in [-0.2, -0.15) is 0 Å². The number of aromatic nitrogens is 1. The molecule has 1 aromatic rings. The third kappa shape index (κ3) is 3.00. The summed E-state index contributed by atoms with van der Waals surface area (Å²) in [5.41, 5.74) is 5.53. The molecule has 0 radical (unpaired) electrons. The maximum atomic E-state index is 12.1. The maximum Gasteiger partial charge on any atom is 0.358 e. The van der Waals surface area contributed by atoms with Gasteiger partial charge in [0.15, 0.2) is 10.8 Å². The third-order valence-electron chi connectivity index (χ3n) is 2.56. The molecule has 0 aliphatic carbocycles. The summed E-state index contributed by atoms with van der Waals surface area (Å²) in [6.45, 7) is 6.84. The third-order valence-corrected chi connectivity index (χ3v) is 3.61. The fraction of sp³-hybridized carbons (Fsp3) is 0.667. The number of nitrogens with two attached hydrogens (primary N) is 1. The topological polar surface area (TPSA) is 74.4 Å². The van der Waals surface area contributed by atoms with Crippen LogP contribution < -0.4 is 5.73 Å². The number of ether oxygens (including phenoxy) is 2. The van der Waals surface area contributed by atoms with Crippen molar-refractivity contribution < 1.29 is 14.3 Å². The molecule has 0 amide bonds. The summed E-state index contributed by atoms with van der Waals surface area (Å²) in [5.74, 6) is -0.195. The standard InChI is InChI=1S/C12H18N2O3S/c1-12(2,3)17-10(15)8-9(18-11(13)14-8)7-4-5-16-6-7/h7H,4-6H2,1-3H3,(H2,13,14). The van der Waals surface area contributed by atoms with E-state index in [9.17, 15) is 4.79 Å². The molecule has 0 aromatic carbocycles. The van der Waals surface area contributed by atoms with E-state index in [0.717, 1.165) is 17.9 Å². The van der Waals surface area contributed by atoms with Gasteiger partial charge in [0, 0.05) is 17.4 Å². The van der Waals surface area contributed by atoms with E-state index in [-0.39, 0.29) is 5.92 Å². The largest absolute Gasteiger partial charge is 0.455 e. The lowest BCUT2D eigenvalue weighted by Crippen LogP contribution is -2.25. The van der Waals surface area contributed by atoms with Crippen LogP contribution in [0.5, 0.6) is 0 Å². The van der Waals surface area contributed by atoms with E-state index in [0.29, 0.717) is 17.4 Å². The summed E-state index contributed by atoms with van der Waals surface area (Å²) >= 11 is 1.35. The minimum Gasteiger partial charge on any atom is -0.455 e. The number of anilines is 1. The van der Waals surface area contributed by atoms with E-state index < -0.39 is 11.6 Å². The predicted octanol–water partition coefficient (Wildman–Crippen LogP) is 2.18. The summed E-state index contributed by atoms with van der Waals surface area (Å²) in [5, 5.41) is 0.401. The number of thiazole rings is 1. The Morgan fingerprint density at radius 1 is 1.56 bits per heavy atom. The highest BCUT2D eigenvalue weighted by atomic mass is 32.1. The molecule has 1 fully saturated rings. The van der Waals surface area contributed by atoms with Gasteiger partial charge in [0.05, 0.1) is 6.61 Å². The van der Waals surface area contributed by atoms with Crippen molar-refractivity contribution in [2.75, 3.05) is 18.9 Å². The number of nitrogen functional groups attached to an aromatic ring is 1. The lowest BCUT2D eigenvalue weighted by atomic mass is 10.1. The monoisotopic (exact) mass is 270 g/mol. The van der Waals surface area contributed by atoms with Gasteiger partial charge in [-0.05, 0) is 27.2 Å². The van der Waals surface area contributed by atoms with Crippen molar-refractivity contribution in [1.82, 2.24) is 4.98 Å². The van der Waals surface area contributed by atoms with E-state index >= 15 is 0 Å². The second-order valence-electron chi connectivity index (χ2n) is 5.33. The van der Waals surface area contributed by atoms with Crippen LogP contribution in [-0.4, -0.2) is 29.8 Å². The van der Waals surface area contributed by atoms with Crippen molar-refractivity contribution in [2.24, 2.45) is 0 Å². The molecule has 18 heavy (non-hydrogen) atoms. The smallest absolute Gasteiger partial charge is 0.358 e. The molecule has 0 spiro atoms. The Hall–Kier alpha value is -1.14. The van der Waals surface area contributed by atoms with Gasteiger partial charge in [0.2, 0.25) is 0 Å². The van der Waals surface area contributed by atoms with Gasteiger partial charge in [0.1, 0.15) is 5.60 Å². The van der Waals surface area contributed by atoms with E-state index in [4.69, 9.17) is 15.2 Å². The molecular weight excluding hydrogens is 252 g/mol. The maximum absolute atomic E-state index is 12.1. The average Bonchev–Trinajstić information content (AvgIpc) is 2.82. The Bertz CT molecular complexity index is 445. The Kier molecular flexibility index (Phi) is 3.59. The first-order valence-electron chi connectivity index (χ1n) is 5.94. The summed E-state index contributed by atoms with van der Waals surface area (Å²) in [4.78, 5) is 17.1. The minimum absolute atomic E-state index is 0.210. The number of carbonyl (C=O) groups excluding carboxylic acids is 1. The van der Waals surface area contributed by atoms with E-state index in [1.807, 2.05) is 20.8 Å². The zero-order valence-electron chi connectivity index (χ0n) is 10.9. The highest BCUT2D eigenvalue weighted by molar-refractivity contribution is 7.15. The summed E-state index contributed by atoms with van der Waals surface area (Å²) in [6, 6.07) is 0. The van der Waals surface area contributed by atoms with Crippen molar-refractivity contribution >= 4 is 22.4 Å². The highest BCUT2D eigenvalue weighted by Crippen LogP contribution is 2.34. The first-order chi connectivity index (χ1) is 8.37. The number of rotatable bonds is 2. The normalized spacial score (nSPS) is 20.1. The molecule has 2 heterocycles. The first kappa shape index (κ1) is 13.3. The second-order valence-corrected chi connectivity index (χ2v) is 6.39. The molecule has 100 valence electrons. The molecule has 0 bridgehead atoms. The fourth-order valence-corrected chi connectivity index (χ4v) is 2.78. The Morgan fingerprint density at radius 2 is 2.28 bits per heavy atom.